The van der Waals surface area contributed by atoms with Crippen molar-refractivity contribution in [3.8, 4) is 23.3 Å². The molecule has 170 valence electrons. The van der Waals surface area contributed by atoms with Gasteiger partial charge in [-0.1, -0.05) is 0 Å². The third-order valence-electron chi connectivity index (χ3n) is 4.86. The summed E-state index contributed by atoms with van der Waals surface area (Å²) in [6.45, 7) is 3.40. The minimum Gasteiger partial charge on any atom is -0.320 e. The SMILES string of the molecule is Cc1cc(C#N)ccc1-c1ncc(C(=O)Nc2cnc(-n3nccn3)c(C(F)(F)F)c2)c(C)n1. The van der Waals surface area contributed by atoms with Crippen LogP contribution < -0.4 is 5.32 Å². The lowest BCUT2D eigenvalue weighted by molar-refractivity contribution is -0.137. The molecule has 1 amide bonds. The van der Waals surface area contributed by atoms with E-state index in [1.54, 1.807) is 25.1 Å². The van der Waals surface area contributed by atoms with Crippen LogP contribution in [0.3, 0.4) is 0 Å². The Morgan fingerprint density at radius 2 is 1.82 bits per heavy atom. The van der Waals surface area contributed by atoms with Crippen LogP contribution in [-0.4, -0.2) is 35.9 Å². The number of hydrogen-bond acceptors (Lipinski definition) is 7. The van der Waals surface area contributed by atoms with E-state index in [2.05, 4.69) is 36.5 Å². The Morgan fingerprint density at radius 1 is 1.09 bits per heavy atom. The molecule has 3 heterocycles. The Morgan fingerprint density at radius 3 is 2.44 bits per heavy atom. The van der Waals surface area contributed by atoms with Gasteiger partial charge in [-0.2, -0.15) is 28.6 Å². The number of benzene rings is 1. The number of pyridine rings is 1. The van der Waals surface area contributed by atoms with Gasteiger partial charge in [0.2, 0.25) is 0 Å². The molecule has 12 heteroatoms. The van der Waals surface area contributed by atoms with Crippen LogP contribution in [0.25, 0.3) is 17.2 Å². The van der Waals surface area contributed by atoms with Crippen LogP contribution in [0.1, 0.15) is 32.7 Å². The molecule has 3 aromatic heterocycles. The van der Waals surface area contributed by atoms with Crippen LogP contribution in [0.5, 0.6) is 0 Å². The van der Waals surface area contributed by atoms with Gasteiger partial charge in [-0.3, -0.25) is 4.79 Å². The van der Waals surface area contributed by atoms with Gasteiger partial charge < -0.3 is 5.32 Å². The quantitative estimate of drug-likeness (QED) is 0.486. The molecular weight excluding hydrogens is 449 g/mol. The van der Waals surface area contributed by atoms with Crippen molar-refractivity contribution in [1.29, 1.82) is 5.26 Å². The lowest BCUT2D eigenvalue weighted by Gasteiger charge is -2.14. The first-order chi connectivity index (χ1) is 16.2. The lowest BCUT2D eigenvalue weighted by Crippen LogP contribution is -2.18. The van der Waals surface area contributed by atoms with E-state index in [-0.39, 0.29) is 11.3 Å². The molecule has 0 unspecified atom stereocenters. The monoisotopic (exact) mass is 464 g/mol. The fourth-order valence-electron chi connectivity index (χ4n) is 3.22. The maximum absolute atomic E-state index is 13.6. The third kappa shape index (κ3) is 4.44. The number of rotatable bonds is 4. The summed E-state index contributed by atoms with van der Waals surface area (Å²) in [7, 11) is 0. The zero-order valence-corrected chi connectivity index (χ0v) is 17.8. The summed E-state index contributed by atoms with van der Waals surface area (Å²) in [5.74, 6) is -0.856. The Labute approximate surface area is 190 Å². The second-order valence-corrected chi connectivity index (χ2v) is 7.20. The number of hydrogen-bond donors (Lipinski definition) is 1. The van der Waals surface area contributed by atoms with Crippen molar-refractivity contribution >= 4 is 11.6 Å². The second-order valence-electron chi connectivity index (χ2n) is 7.20. The normalized spacial score (nSPS) is 11.2. The molecule has 9 nitrogen and oxygen atoms in total. The molecule has 4 rings (SSSR count). The van der Waals surface area contributed by atoms with Crippen molar-refractivity contribution in [2.45, 2.75) is 20.0 Å². The number of nitrogens with zero attached hydrogens (tertiary/aromatic N) is 7. The fourth-order valence-corrected chi connectivity index (χ4v) is 3.22. The smallest absolute Gasteiger partial charge is 0.320 e. The topological polar surface area (TPSA) is 122 Å². The van der Waals surface area contributed by atoms with E-state index in [0.29, 0.717) is 22.6 Å². The van der Waals surface area contributed by atoms with Gasteiger partial charge in [0.25, 0.3) is 5.91 Å². The maximum atomic E-state index is 13.6. The van der Waals surface area contributed by atoms with Crippen LogP contribution in [0.2, 0.25) is 0 Å². The van der Waals surface area contributed by atoms with Crippen LogP contribution in [-0.2, 0) is 6.18 Å². The molecule has 0 aliphatic rings. The summed E-state index contributed by atoms with van der Waals surface area (Å²) in [4.78, 5) is 25.9. The third-order valence-corrected chi connectivity index (χ3v) is 4.86. The number of carbonyl (C=O) groups is 1. The van der Waals surface area contributed by atoms with E-state index >= 15 is 0 Å². The van der Waals surface area contributed by atoms with Gasteiger partial charge in [0.15, 0.2) is 11.6 Å². The van der Waals surface area contributed by atoms with Crippen LogP contribution >= 0.6 is 0 Å². The molecule has 0 radical (unpaired) electrons. The summed E-state index contributed by atoms with van der Waals surface area (Å²) in [5.41, 5.74) is 1.11. The van der Waals surface area contributed by atoms with Crippen LogP contribution in [0.4, 0.5) is 18.9 Å². The zero-order chi connectivity index (χ0) is 24.5. The number of halogens is 3. The average molecular weight is 464 g/mol. The Hall–Kier alpha value is -4.66. The van der Waals surface area contributed by atoms with Gasteiger partial charge in [-0.15, -0.1) is 4.80 Å². The first-order valence-corrected chi connectivity index (χ1v) is 9.77. The summed E-state index contributed by atoms with van der Waals surface area (Å²) in [6, 6.07) is 7.85. The lowest BCUT2D eigenvalue weighted by atomic mass is 10.0. The molecule has 0 saturated heterocycles. The zero-order valence-electron chi connectivity index (χ0n) is 17.8. The summed E-state index contributed by atoms with van der Waals surface area (Å²) >= 11 is 0. The summed E-state index contributed by atoms with van der Waals surface area (Å²) in [5, 5.41) is 18.8. The Kier molecular flexibility index (Phi) is 5.77. The minimum absolute atomic E-state index is 0.0847. The molecule has 0 fully saturated rings. The predicted molar refractivity (Wildman–Crippen MR) is 114 cm³/mol. The van der Waals surface area contributed by atoms with Gasteiger partial charge in [0, 0.05) is 11.8 Å². The van der Waals surface area contributed by atoms with E-state index in [1.165, 1.54) is 18.6 Å². The van der Waals surface area contributed by atoms with E-state index in [1.807, 2.05) is 6.92 Å². The average Bonchev–Trinajstić information content (AvgIpc) is 3.33. The number of nitrogens with one attached hydrogen (secondary N) is 1. The number of aryl methyl sites for hydroxylation is 2. The molecule has 0 spiro atoms. The van der Waals surface area contributed by atoms with E-state index in [9.17, 15) is 18.0 Å². The van der Waals surface area contributed by atoms with E-state index < -0.39 is 23.5 Å². The molecule has 4 aromatic rings. The largest absolute Gasteiger partial charge is 0.420 e. The number of alkyl halides is 3. The number of anilines is 1. The van der Waals surface area contributed by atoms with Crippen molar-refractivity contribution < 1.29 is 18.0 Å². The van der Waals surface area contributed by atoms with Gasteiger partial charge >= 0.3 is 6.18 Å². The molecule has 1 N–H and O–H groups in total. The highest BCUT2D eigenvalue weighted by molar-refractivity contribution is 6.04. The van der Waals surface area contributed by atoms with Crippen LogP contribution in [0, 0.1) is 25.2 Å². The minimum atomic E-state index is -4.75. The highest BCUT2D eigenvalue weighted by Gasteiger charge is 2.36. The van der Waals surface area contributed by atoms with Gasteiger partial charge in [0.1, 0.15) is 5.56 Å². The van der Waals surface area contributed by atoms with Crippen molar-refractivity contribution in [2.24, 2.45) is 0 Å². The highest BCUT2D eigenvalue weighted by atomic mass is 19.4. The van der Waals surface area contributed by atoms with Crippen LogP contribution in [0.15, 0.2) is 49.1 Å². The van der Waals surface area contributed by atoms with Crippen molar-refractivity contribution in [3.05, 3.63) is 77.0 Å². The van der Waals surface area contributed by atoms with Gasteiger partial charge in [-0.25, -0.2) is 15.0 Å². The Balaban J connectivity index is 1.61. The Bertz CT molecular complexity index is 1430. The number of aromatic nitrogens is 6. The first kappa shape index (κ1) is 22.5. The molecule has 0 bridgehead atoms. The van der Waals surface area contributed by atoms with Gasteiger partial charge in [-0.05, 0) is 43.7 Å². The molecule has 34 heavy (non-hydrogen) atoms. The standard InChI is InChI=1S/C22H15F3N8O/c1-12-7-14(9-26)3-4-16(12)19-27-11-17(13(2)31-19)21(34)32-15-8-18(22(23,24)25)20(28-10-15)33-29-5-6-30-33/h3-8,10-11H,1-2H3,(H,32,34). The maximum Gasteiger partial charge on any atom is 0.420 e. The number of amides is 1. The fraction of sp³-hybridized carbons (Fsp3) is 0.136. The molecular formula is C22H15F3N8O. The summed E-state index contributed by atoms with van der Waals surface area (Å²) < 4.78 is 40.7. The van der Waals surface area contributed by atoms with E-state index in [4.69, 9.17) is 5.26 Å². The number of nitriles is 1. The van der Waals surface area contributed by atoms with Gasteiger partial charge in [0.05, 0.1) is 47.2 Å². The number of carbonyl (C=O) groups excluding carboxylic acids is 1. The molecule has 0 atom stereocenters. The molecule has 0 saturated carbocycles. The molecule has 0 aliphatic carbocycles. The van der Waals surface area contributed by atoms with Crippen molar-refractivity contribution in [3.63, 3.8) is 0 Å². The molecule has 0 aliphatic heterocycles. The van der Waals surface area contributed by atoms with Crippen molar-refractivity contribution in [1.82, 2.24) is 29.9 Å². The first-order valence-electron chi connectivity index (χ1n) is 9.77. The predicted octanol–water partition coefficient (Wildman–Crippen LogP) is 3.88. The molecule has 1 aromatic carbocycles. The van der Waals surface area contributed by atoms with Crippen molar-refractivity contribution in [2.75, 3.05) is 5.32 Å². The highest BCUT2D eigenvalue weighted by Crippen LogP contribution is 2.34. The van der Waals surface area contributed by atoms with E-state index in [0.717, 1.165) is 22.6 Å². The summed E-state index contributed by atoms with van der Waals surface area (Å²) in [6.07, 6.45) is 0.0737. The second kappa shape index (κ2) is 8.70.